The van der Waals surface area contributed by atoms with E-state index in [2.05, 4.69) is 41.1 Å². The van der Waals surface area contributed by atoms with Gasteiger partial charge in [0, 0.05) is 28.6 Å². The smallest absolute Gasteiger partial charge is 0.288 e. The summed E-state index contributed by atoms with van der Waals surface area (Å²) in [5, 5.41) is 15.0. The molecule has 0 saturated heterocycles. The van der Waals surface area contributed by atoms with Gasteiger partial charge in [0.05, 0.1) is 16.8 Å². The van der Waals surface area contributed by atoms with Crippen molar-refractivity contribution in [3.63, 3.8) is 0 Å². The zero-order valence-corrected chi connectivity index (χ0v) is 17.8. The number of nitrogens with zero attached hydrogens (tertiary/aromatic N) is 3. The van der Waals surface area contributed by atoms with Gasteiger partial charge in [-0.15, -0.1) is 0 Å². The van der Waals surface area contributed by atoms with Gasteiger partial charge < -0.3 is 4.57 Å². The number of hydrazone groups is 1. The van der Waals surface area contributed by atoms with Gasteiger partial charge in [0.15, 0.2) is 0 Å². The van der Waals surface area contributed by atoms with E-state index in [-0.39, 0.29) is 16.3 Å². The molecule has 0 aliphatic heterocycles. The summed E-state index contributed by atoms with van der Waals surface area (Å²) < 4.78 is 2.16. The lowest BCUT2D eigenvalue weighted by Crippen LogP contribution is -2.17. The van der Waals surface area contributed by atoms with Crippen molar-refractivity contribution in [1.29, 1.82) is 0 Å². The maximum atomic E-state index is 12.3. The van der Waals surface area contributed by atoms with Crippen molar-refractivity contribution in [2.45, 2.75) is 27.7 Å². The lowest BCUT2D eigenvalue weighted by molar-refractivity contribution is -0.384. The van der Waals surface area contributed by atoms with Crippen LogP contribution in [0.3, 0.4) is 0 Å². The molecule has 1 amide bonds. The summed E-state index contributed by atoms with van der Waals surface area (Å²) in [6.07, 6.45) is 1.56. The van der Waals surface area contributed by atoms with Crippen molar-refractivity contribution < 1.29 is 9.72 Å². The molecule has 7 nitrogen and oxygen atoms in total. The van der Waals surface area contributed by atoms with E-state index < -0.39 is 10.8 Å². The third-order valence-corrected chi connectivity index (χ3v) is 5.23. The zero-order valence-electron chi connectivity index (χ0n) is 17.1. The van der Waals surface area contributed by atoms with Gasteiger partial charge in [-0.25, -0.2) is 5.43 Å². The van der Waals surface area contributed by atoms with Crippen molar-refractivity contribution in [2.24, 2.45) is 5.10 Å². The Balaban J connectivity index is 1.84. The molecule has 1 N–H and O–H groups in total. The van der Waals surface area contributed by atoms with E-state index >= 15 is 0 Å². The number of nitro groups is 1. The highest BCUT2D eigenvalue weighted by atomic mass is 35.5. The maximum absolute atomic E-state index is 12.3. The highest BCUT2D eigenvalue weighted by Gasteiger charge is 2.16. The van der Waals surface area contributed by atoms with Gasteiger partial charge in [0.1, 0.15) is 5.02 Å². The molecule has 3 aromatic rings. The Kier molecular flexibility index (Phi) is 6.03. The van der Waals surface area contributed by atoms with E-state index in [9.17, 15) is 14.9 Å². The minimum atomic E-state index is -0.634. The molecule has 1 aromatic heterocycles. The van der Waals surface area contributed by atoms with Gasteiger partial charge in [-0.05, 0) is 57.0 Å². The van der Waals surface area contributed by atoms with Crippen molar-refractivity contribution in [3.8, 4) is 5.69 Å². The number of hydrogen-bond donors (Lipinski definition) is 1. The molecule has 0 fully saturated rings. The van der Waals surface area contributed by atoms with Crippen LogP contribution in [-0.2, 0) is 0 Å². The second-order valence-electron chi connectivity index (χ2n) is 7.02. The van der Waals surface area contributed by atoms with Gasteiger partial charge in [0.25, 0.3) is 11.6 Å². The molecular formula is C22H21ClN4O3. The fourth-order valence-corrected chi connectivity index (χ4v) is 3.63. The van der Waals surface area contributed by atoms with Crippen LogP contribution in [0.1, 0.15) is 38.4 Å². The molecule has 0 saturated carbocycles. The summed E-state index contributed by atoms with van der Waals surface area (Å²) in [6, 6.07) is 12.0. The van der Waals surface area contributed by atoms with Crippen LogP contribution in [0.4, 0.5) is 5.69 Å². The van der Waals surface area contributed by atoms with Gasteiger partial charge in [-0.2, -0.15) is 5.10 Å². The molecule has 0 spiro atoms. The van der Waals surface area contributed by atoms with Gasteiger partial charge in [-0.3, -0.25) is 14.9 Å². The monoisotopic (exact) mass is 424 g/mol. The molecule has 0 unspecified atom stereocenters. The number of aryl methyl sites for hydroxylation is 3. The average Bonchev–Trinajstić information content (AvgIpc) is 2.96. The van der Waals surface area contributed by atoms with Crippen LogP contribution in [-0.4, -0.2) is 21.6 Å². The molecule has 3 rings (SSSR count). The van der Waals surface area contributed by atoms with Crippen LogP contribution in [0.5, 0.6) is 0 Å². The van der Waals surface area contributed by atoms with Crippen molar-refractivity contribution in [2.75, 3.05) is 0 Å². The first-order chi connectivity index (χ1) is 14.2. The predicted molar refractivity (Wildman–Crippen MR) is 118 cm³/mol. The summed E-state index contributed by atoms with van der Waals surface area (Å²) >= 11 is 5.78. The van der Waals surface area contributed by atoms with Crippen molar-refractivity contribution in [3.05, 3.63) is 91.2 Å². The second kappa shape index (κ2) is 8.51. The van der Waals surface area contributed by atoms with E-state index in [0.717, 1.165) is 39.8 Å². The molecule has 0 aliphatic rings. The fourth-order valence-electron chi connectivity index (χ4n) is 3.44. The molecule has 0 radical (unpaired) electrons. The Hall–Kier alpha value is -3.45. The van der Waals surface area contributed by atoms with Crippen LogP contribution in [0.2, 0.25) is 5.02 Å². The Morgan fingerprint density at radius 3 is 2.43 bits per heavy atom. The number of amides is 1. The first-order valence-electron chi connectivity index (χ1n) is 9.23. The highest BCUT2D eigenvalue weighted by molar-refractivity contribution is 6.32. The number of aromatic nitrogens is 1. The maximum Gasteiger partial charge on any atom is 0.288 e. The second-order valence-corrected chi connectivity index (χ2v) is 7.43. The minimum Gasteiger partial charge on any atom is -0.317 e. The van der Waals surface area contributed by atoms with Crippen LogP contribution in [0, 0.1) is 37.8 Å². The first-order valence-corrected chi connectivity index (χ1v) is 9.61. The van der Waals surface area contributed by atoms with Gasteiger partial charge in [0.2, 0.25) is 0 Å². The lowest BCUT2D eigenvalue weighted by Gasteiger charge is -2.15. The molecule has 1 heterocycles. The highest BCUT2D eigenvalue weighted by Crippen LogP contribution is 2.26. The zero-order chi connectivity index (χ0) is 22.0. The summed E-state index contributed by atoms with van der Waals surface area (Å²) in [7, 11) is 0. The number of carbonyl (C=O) groups is 1. The number of hydrogen-bond acceptors (Lipinski definition) is 4. The summed E-state index contributed by atoms with van der Waals surface area (Å²) in [5.74, 6) is -0.561. The Labute approximate surface area is 179 Å². The molecule has 0 aliphatic carbocycles. The summed E-state index contributed by atoms with van der Waals surface area (Å²) in [6.45, 7) is 8.15. The largest absolute Gasteiger partial charge is 0.317 e. The van der Waals surface area contributed by atoms with E-state index in [1.807, 2.05) is 26.0 Å². The number of rotatable bonds is 5. The number of nitro benzene ring substituents is 1. The van der Waals surface area contributed by atoms with Gasteiger partial charge >= 0.3 is 0 Å². The third-order valence-electron chi connectivity index (χ3n) is 4.91. The molecule has 154 valence electrons. The Bertz CT molecular complexity index is 1160. The SMILES string of the molecule is Cc1cccc(C)c1-n1c(C)cc(/C=N\NC(=O)c2ccc(Cl)c([N+](=O)[O-])c2)c1C. The number of carbonyl (C=O) groups excluding carboxylic acids is 1. The number of para-hydroxylation sites is 1. The summed E-state index contributed by atoms with van der Waals surface area (Å²) in [5.41, 5.74) is 8.54. The van der Waals surface area contributed by atoms with Crippen molar-refractivity contribution in [1.82, 2.24) is 9.99 Å². The van der Waals surface area contributed by atoms with Crippen LogP contribution in [0.25, 0.3) is 5.69 Å². The quantitative estimate of drug-likeness (QED) is 0.353. The molecule has 8 heteroatoms. The Morgan fingerprint density at radius 2 is 1.80 bits per heavy atom. The van der Waals surface area contributed by atoms with Crippen LogP contribution < -0.4 is 5.43 Å². The fraction of sp³-hybridized carbons (Fsp3) is 0.182. The minimum absolute atomic E-state index is 0.0287. The lowest BCUT2D eigenvalue weighted by atomic mass is 10.1. The predicted octanol–water partition coefficient (Wildman–Crippen LogP) is 5.04. The number of halogens is 1. The van der Waals surface area contributed by atoms with Crippen molar-refractivity contribution >= 4 is 29.4 Å². The van der Waals surface area contributed by atoms with E-state index in [0.29, 0.717) is 0 Å². The topological polar surface area (TPSA) is 89.5 Å². The van der Waals surface area contributed by atoms with Crippen LogP contribution in [0.15, 0.2) is 47.6 Å². The molecule has 30 heavy (non-hydrogen) atoms. The van der Waals surface area contributed by atoms with E-state index in [1.165, 1.54) is 12.1 Å². The van der Waals surface area contributed by atoms with Crippen LogP contribution >= 0.6 is 11.6 Å². The van der Waals surface area contributed by atoms with E-state index in [4.69, 9.17) is 11.6 Å². The molecular weight excluding hydrogens is 404 g/mol. The number of benzene rings is 2. The Morgan fingerprint density at radius 1 is 1.13 bits per heavy atom. The van der Waals surface area contributed by atoms with E-state index in [1.54, 1.807) is 6.21 Å². The average molecular weight is 425 g/mol. The molecule has 0 bridgehead atoms. The summed E-state index contributed by atoms with van der Waals surface area (Å²) in [4.78, 5) is 22.6. The standard InChI is InChI=1S/C22H21ClN4O3/c1-13-6-5-7-14(2)21(13)26-15(3)10-18(16(26)4)12-24-25-22(28)17-8-9-19(23)20(11-17)27(29)30/h5-12H,1-4H3,(H,25,28)/b24-12-. The normalized spacial score (nSPS) is 11.1. The first kappa shape index (κ1) is 21.3. The third kappa shape index (κ3) is 4.11. The molecule has 2 aromatic carbocycles. The number of nitrogens with one attached hydrogen (secondary N) is 1. The van der Waals surface area contributed by atoms with Gasteiger partial charge in [-0.1, -0.05) is 29.8 Å². The molecule has 0 atom stereocenters.